The van der Waals surface area contributed by atoms with Crippen LogP contribution in [0.1, 0.15) is 37.8 Å². The van der Waals surface area contributed by atoms with E-state index in [2.05, 4.69) is 22.0 Å². The number of fused-ring (bicyclic) bond motifs is 1. The number of likely N-dealkylation sites (N-methyl/N-ethyl adjacent to an activating group) is 1. The lowest BCUT2D eigenvalue weighted by Crippen LogP contribution is -2.33. The second-order valence-electron chi connectivity index (χ2n) is 9.36. The zero-order chi connectivity index (χ0) is 27.3. The average Bonchev–Trinajstić information content (AvgIpc) is 3.37. The fourth-order valence-electron chi connectivity index (χ4n) is 4.09. The van der Waals surface area contributed by atoms with Gasteiger partial charge in [0.2, 0.25) is 10.0 Å². The average molecular weight is 557 g/mol. The summed E-state index contributed by atoms with van der Waals surface area (Å²) in [6.07, 6.45) is 1.56. The summed E-state index contributed by atoms with van der Waals surface area (Å²) in [5.41, 5.74) is 2.74. The van der Waals surface area contributed by atoms with Gasteiger partial charge in [-0.15, -0.1) is 11.3 Å². The van der Waals surface area contributed by atoms with E-state index in [1.165, 1.54) is 31.0 Å². The van der Waals surface area contributed by atoms with E-state index in [-0.39, 0.29) is 18.1 Å². The van der Waals surface area contributed by atoms with Crippen molar-refractivity contribution in [3.63, 3.8) is 0 Å². The fraction of sp³-hybridized carbons (Fsp3) is 0.370. The molecule has 0 radical (unpaired) electrons. The van der Waals surface area contributed by atoms with E-state index in [1.807, 2.05) is 31.3 Å². The maximum absolute atomic E-state index is 13.6. The molecule has 1 aliphatic heterocycles. The maximum Gasteiger partial charge on any atom is 0.254 e. The van der Waals surface area contributed by atoms with Crippen LogP contribution < -0.4 is 9.64 Å². The van der Waals surface area contributed by atoms with Gasteiger partial charge >= 0.3 is 0 Å². The van der Waals surface area contributed by atoms with E-state index in [4.69, 9.17) is 4.74 Å². The van der Waals surface area contributed by atoms with Crippen molar-refractivity contribution in [2.45, 2.75) is 19.4 Å². The number of anilines is 1. The number of ether oxygens (including phenoxy) is 1. The second kappa shape index (κ2) is 12.1. The van der Waals surface area contributed by atoms with Crippen molar-refractivity contribution < 1.29 is 22.7 Å². The number of ketones is 1. The molecule has 38 heavy (non-hydrogen) atoms. The molecular weight excluding hydrogens is 524 g/mol. The first-order valence-corrected chi connectivity index (χ1v) is 14.8. The van der Waals surface area contributed by atoms with Crippen LogP contribution in [0.3, 0.4) is 0 Å². The van der Waals surface area contributed by atoms with E-state index in [0.717, 1.165) is 29.4 Å². The highest BCUT2D eigenvalue weighted by Crippen LogP contribution is 2.32. The molecule has 0 bridgehead atoms. The summed E-state index contributed by atoms with van der Waals surface area (Å²) >= 11 is 1.24. The predicted molar refractivity (Wildman–Crippen MR) is 149 cm³/mol. The number of benzene rings is 2. The number of carbonyl (C=O) groups excluding carboxylic acids is 2. The van der Waals surface area contributed by atoms with Gasteiger partial charge in [-0.2, -0.15) is 0 Å². The number of sulfonamides is 1. The van der Waals surface area contributed by atoms with E-state index >= 15 is 0 Å². The van der Waals surface area contributed by atoms with Gasteiger partial charge < -0.3 is 14.5 Å². The highest BCUT2D eigenvalue weighted by molar-refractivity contribution is 7.89. The number of Topliss-reactive ketones (excluding diaryl/α,β-unsaturated/α-hetero) is 1. The van der Waals surface area contributed by atoms with Gasteiger partial charge in [-0.25, -0.2) is 17.7 Å². The molecule has 0 N–H and O–H groups in total. The first-order chi connectivity index (χ1) is 18.1. The number of carbonyl (C=O) groups is 2. The number of thiazole rings is 1. The van der Waals surface area contributed by atoms with Crippen LogP contribution in [0.2, 0.25) is 0 Å². The number of aryl methyl sites for hydroxylation is 1. The topological polar surface area (TPSA) is 100 Å². The molecule has 11 heteroatoms. The van der Waals surface area contributed by atoms with Crippen molar-refractivity contribution in [3.8, 4) is 5.75 Å². The van der Waals surface area contributed by atoms with Crippen LogP contribution in [0.4, 0.5) is 5.69 Å². The van der Waals surface area contributed by atoms with Gasteiger partial charge in [-0.3, -0.25) is 9.59 Å². The van der Waals surface area contributed by atoms with Crippen molar-refractivity contribution in [2.75, 3.05) is 51.5 Å². The molecule has 202 valence electrons. The molecule has 0 unspecified atom stereocenters. The highest BCUT2D eigenvalue weighted by Gasteiger charge is 2.24. The zero-order valence-electron chi connectivity index (χ0n) is 21.8. The lowest BCUT2D eigenvalue weighted by Gasteiger charge is -2.28. The molecule has 2 aromatic carbocycles. The Morgan fingerprint density at radius 1 is 1.13 bits per heavy atom. The van der Waals surface area contributed by atoms with Gasteiger partial charge in [-0.05, 0) is 36.6 Å². The largest absolute Gasteiger partial charge is 0.490 e. The molecule has 0 saturated heterocycles. The van der Waals surface area contributed by atoms with Crippen molar-refractivity contribution in [3.05, 3.63) is 75.7 Å². The Kier molecular flexibility index (Phi) is 8.80. The third-order valence-electron chi connectivity index (χ3n) is 6.36. The van der Waals surface area contributed by atoms with Crippen molar-refractivity contribution in [1.29, 1.82) is 0 Å². The molecule has 1 amide bonds. The molecular formula is C27H32N4O5S2. The number of hydrogen-bond donors (Lipinski definition) is 0. The highest BCUT2D eigenvalue weighted by atomic mass is 32.2. The van der Waals surface area contributed by atoms with E-state index in [0.29, 0.717) is 29.5 Å². The molecule has 0 atom stereocenters. The molecule has 1 aromatic heterocycles. The molecule has 9 nitrogen and oxygen atoms in total. The fourth-order valence-corrected chi connectivity index (χ4v) is 5.64. The number of nitrogens with zero attached hydrogens (tertiary/aromatic N) is 4. The minimum atomic E-state index is -3.69. The number of rotatable bonds is 11. The quantitative estimate of drug-likeness (QED) is 0.334. The molecule has 0 aliphatic carbocycles. The SMILES string of the molecule is CN1CCOc2cc(C(=O)N(CCCc3ccccc3)Cc3nc(C(=O)CS(=O)(=O)N(C)C)cs3)ccc21. The molecule has 4 rings (SSSR count). The normalized spacial score (nSPS) is 13.2. The van der Waals surface area contributed by atoms with Gasteiger partial charge in [0, 0.05) is 38.6 Å². The van der Waals surface area contributed by atoms with Gasteiger partial charge in [0.25, 0.3) is 5.91 Å². The Balaban J connectivity index is 1.52. The summed E-state index contributed by atoms with van der Waals surface area (Å²) in [7, 11) is 1.07. The standard InChI is InChI=1S/C27H32N4O5S2/c1-29(2)38(34,35)19-24(32)22-18-37-26(28-22)17-31(13-7-10-20-8-5-4-6-9-20)27(33)21-11-12-23-25(16-21)36-15-14-30(23)3/h4-6,8-9,11-12,16,18H,7,10,13-15,17,19H2,1-3H3. The minimum Gasteiger partial charge on any atom is -0.490 e. The number of aromatic nitrogens is 1. The second-order valence-corrected chi connectivity index (χ2v) is 12.5. The lowest BCUT2D eigenvalue weighted by molar-refractivity contribution is 0.0740. The number of hydrogen-bond acceptors (Lipinski definition) is 8. The summed E-state index contributed by atoms with van der Waals surface area (Å²) in [6.45, 7) is 2.04. The zero-order valence-corrected chi connectivity index (χ0v) is 23.4. The first-order valence-electron chi connectivity index (χ1n) is 12.3. The van der Waals surface area contributed by atoms with Crippen LogP contribution in [0.5, 0.6) is 5.75 Å². The predicted octanol–water partition coefficient (Wildman–Crippen LogP) is 3.32. The van der Waals surface area contributed by atoms with E-state index < -0.39 is 21.6 Å². The van der Waals surface area contributed by atoms with Gasteiger partial charge in [0.05, 0.1) is 18.8 Å². The van der Waals surface area contributed by atoms with Gasteiger partial charge in [0.15, 0.2) is 5.78 Å². The smallest absolute Gasteiger partial charge is 0.254 e. The Labute approximate surface area is 227 Å². The Morgan fingerprint density at radius 3 is 2.63 bits per heavy atom. The molecule has 3 aromatic rings. The molecule has 0 saturated carbocycles. The van der Waals surface area contributed by atoms with Crippen molar-refractivity contribution in [2.24, 2.45) is 0 Å². The summed E-state index contributed by atoms with van der Waals surface area (Å²) in [6, 6.07) is 15.6. The molecule has 0 fully saturated rings. The van der Waals surface area contributed by atoms with Crippen LogP contribution in [0.15, 0.2) is 53.9 Å². The molecule has 0 spiro atoms. The van der Waals surface area contributed by atoms with Crippen LogP contribution in [0, 0.1) is 0 Å². The third kappa shape index (κ3) is 6.77. The minimum absolute atomic E-state index is 0.0947. The van der Waals surface area contributed by atoms with Crippen molar-refractivity contribution >= 4 is 38.7 Å². The van der Waals surface area contributed by atoms with Crippen LogP contribution >= 0.6 is 11.3 Å². The van der Waals surface area contributed by atoms with Crippen LogP contribution in [-0.2, 0) is 23.0 Å². The van der Waals surface area contributed by atoms with E-state index in [9.17, 15) is 18.0 Å². The maximum atomic E-state index is 13.6. The summed E-state index contributed by atoms with van der Waals surface area (Å²) in [4.78, 5) is 34.4. The Bertz CT molecular complexity index is 1390. The van der Waals surface area contributed by atoms with Crippen LogP contribution in [0.25, 0.3) is 0 Å². The monoisotopic (exact) mass is 556 g/mol. The van der Waals surface area contributed by atoms with Gasteiger partial charge in [-0.1, -0.05) is 30.3 Å². The Morgan fingerprint density at radius 2 is 1.89 bits per heavy atom. The summed E-state index contributed by atoms with van der Waals surface area (Å²) < 4.78 is 31.0. The first kappa shape index (κ1) is 27.7. The Hall–Kier alpha value is -3.28. The summed E-state index contributed by atoms with van der Waals surface area (Å²) in [5, 5.41) is 2.12. The summed E-state index contributed by atoms with van der Waals surface area (Å²) in [5.74, 6) is -0.694. The van der Waals surface area contributed by atoms with Gasteiger partial charge in [0.1, 0.15) is 28.8 Å². The van der Waals surface area contributed by atoms with E-state index in [1.54, 1.807) is 22.4 Å². The number of amides is 1. The molecule has 1 aliphatic rings. The van der Waals surface area contributed by atoms with Crippen LogP contribution in [-0.4, -0.2) is 80.9 Å². The lowest BCUT2D eigenvalue weighted by atomic mass is 10.1. The third-order valence-corrected chi connectivity index (χ3v) is 8.93. The van der Waals surface area contributed by atoms with Crippen molar-refractivity contribution in [1.82, 2.24) is 14.2 Å². The molecule has 2 heterocycles.